The third-order valence-electron chi connectivity index (χ3n) is 2.66. The maximum atomic E-state index is 5.80. The normalized spacial score (nSPS) is 16.9. The Morgan fingerprint density at radius 1 is 1.29 bits per heavy atom. The van der Waals surface area contributed by atoms with E-state index in [1.807, 2.05) is 18.2 Å². The fraction of sp³-hybridized carbons (Fsp3) is 0.400. The molecule has 0 atom stereocenters. The number of rotatable bonds is 2. The van der Waals surface area contributed by atoms with Gasteiger partial charge in [0.2, 0.25) is 0 Å². The van der Waals surface area contributed by atoms with Crippen molar-refractivity contribution in [3.05, 3.63) is 18.2 Å². The Morgan fingerprint density at radius 2 is 2.21 bits per heavy atom. The fourth-order valence-electron chi connectivity index (χ4n) is 1.61. The van der Waals surface area contributed by atoms with E-state index in [1.54, 1.807) is 0 Å². The largest absolute Gasteiger partial charge is 0.488 e. The molecule has 1 N–H and O–H groups in total. The van der Waals surface area contributed by atoms with Crippen molar-refractivity contribution in [2.24, 2.45) is 0 Å². The summed E-state index contributed by atoms with van der Waals surface area (Å²) in [4.78, 5) is 0. The number of nitrogens with zero attached hydrogens (tertiary/aromatic N) is 2. The van der Waals surface area contributed by atoms with Crippen LogP contribution in [0.5, 0.6) is 5.75 Å². The van der Waals surface area contributed by atoms with Crippen molar-refractivity contribution in [2.45, 2.75) is 25.4 Å². The number of ether oxygens (including phenoxy) is 1. The van der Waals surface area contributed by atoms with E-state index >= 15 is 0 Å². The van der Waals surface area contributed by atoms with Crippen molar-refractivity contribution in [1.29, 1.82) is 0 Å². The van der Waals surface area contributed by atoms with Gasteiger partial charge in [-0.3, -0.25) is 0 Å². The summed E-state index contributed by atoms with van der Waals surface area (Å²) in [7, 11) is 0. The van der Waals surface area contributed by atoms with Gasteiger partial charge < -0.3 is 4.74 Å². The maximum absolute atomic E-state index is 5.80. The Bertz CT molecular complexity index is 447. The molecule has 1 aliphatic rings. The lowest BCUT2D eigenvalue weighted by atomic mass is 9.96. The average molecular weight is 189 g/mol. The molecule has 1 fully saturated rings. The van der Waals surface area contributed by atoms with Crippen LogP contribution in [-0.4, -0.2) is 21.5 Å². The first-order valence-electron chi connectivity index (χ1n) is 4.89. The smallest absolute Gasteiger partial charge is 0.154 e. The summed E-state index contributed by atoms with van der Waals surface area (Å²) < 4.78 is 5.80. The molecule has 0 saturated heterocycles. The van der Waals surface area contributed by atoms with Gasteiger partial charge in [0.1, 0.15) is 11.3 Å². The molecule has 1 saturated carbocycles. The van der Waals surface area contributed by atoms with E-state index in [1.165, 1.54) is 6.42 Å². The SMILES string of the molecule is c1cc(OC2CCC2)c2n[nH]nc2c1. The second-order valence-electron chi connectivity index (χ2n) is 3.62. The topological polar surface area (TPSA) is 50.8 Å². The summed E-state index contributed by atoms with van der Waals surface area (Å²) in [6.45, 7) is 0. The molecule has 0 unspecified atom stereocenters. The van der Waals surface area contributed by atoms with Gasteiger partial charge in [-0.05, 0) is 31.4 Å². The molecule has 3 rings (SSSR count). The lowest BCUT2D eigenvalue weighted by Crippen LogP contribution is -2.24. The molecule has 1 aliphatic carbocycles. The van der Waals surface area contributed by atoms with E-state index in [0.29, 0.717) is 6.10 Å². The van der Waals surface area contributed by atoms with Gasteiger partial charge in [-0.15, -0.1) is 0 Å². The van der Waals surface area contributed by atoms with E-state index in [2.05, 4.69) is 15.4 Å². The lowest BCUT2D eigenvalue weighted by Gasteiger charge is -2.26. The van der Waals surface area contributed by atoms with Gasteiger partial charge in [-0.25, -0.2) is 0 Å². The number of para-hydroxylation sites is 1. The zero-order valence-corrected chi connectivity index (χ0v) is 7.73. The van der Waals surface area contributed by atoms with Crippen LogP contribution in [-0.2, 0) is 0 Å². The summed E-state index contributed by atoms with van der Waals surface area (Å²) >= 11 is 0. The highest BCUT2D eigenvalue weighted by Crippen LogP contribution is 2.28. The number of hydrogen-bond donors (Lipinski definition) is 1. The molecule has 4 heteroatoms. The number of benzene rings is 1. The zero-order valence-electron chi connectivity index (χ0n) is 7.73. The minimum absolute atomic E-state index is 0.386. The molecule has 1 aromatic heterocycles. The number of aromatic amines is 1. The molecule has 0 amide bonds. The Labute approximate surface area is 81.3 Å². The van der Waals surface area contributed by atoms with Crippen molar-refractivity contribution in [1.82, 2.24) is 15.4 Å². The van der Waals surface area contributed by atoms with Crippen molar-refractivity contribution in [2.75, 3.05) is 0 Å². The van der Waals surface area contributed by atoms with Crippen LogP contribution in [0, 0.1) is 0 Å². The molecule has 0 bridgehead atoms. The van der Waals surface area contributed by atoms with E-state index in [-0.39, 0.29) is 0 Å². The van der Waals surface area contributed by atoms with Crippen LogP contribution in [0.3, 0.4) is 0 Å². The first-order chi connectivity index (χ1) is 6.93. The van der Waals surface area contributed by atoms with Gasteiger partial charge in [0.15, 0.2) is 5.52 Å². The molecular formula is C10H11N3O. The maximum Gasteiger partial charge on any atom is 0.154 e. The lowest BCUT2D eigenvalue weighted by molar-refractivity contribution is 0.122. The highest BCUT2D eigenvalue weighted by Gasteiger charge is 2.20. The zero-order chi connectivity index (χ0) is 9.38. The van der Waals surface area contributed by atoms with Crippen LogP contribution in [0.4, 0.5) is 0 Å². The fourth-order valence-corrected chi connectivity index (χ4v) is 1.61. The summed E-state index contributed by atoms with van der Waals surface area (Å²) in [5.41, 5.74) is 1.70. The number of aromatic nitrogens is 3. The Balaban J connectivity index is 1.97. The molecule has 0 spiro atoms. The minimum atomic E-state index is 0.386. The third kappa shape index (κ3) is 1.14. The van der Waals surface area contributed by atoms with Gasteiger partial charge in [0.05, 0.1) is 6.10 Å². The quantitative estimate of drug-likeness (QED) is 0.784. The average Bonchev–Trinajstić information content (AvgIpc) is 2.59. The minimum Gasteiger partial charge on any atom is -0.488 e. The number of H-pyrrole nitrogens is 1. The Morgan fingerprint density at radius 3 is 3.00 bits per heavy atom. The molecule has 1 heterocycles. The molecule has 0 radical (unpaired) electrons. The first kappa shape index (κ1) is 7.79. The van der Waals surface area contributed by atoms with Crippen molar-refractivity contribution in [3.63, 3.8) is 0 Å². The number of hydrogen-bond acceptors (Lipinski definition) is 3. The van der Waals surface area contributed by atoms with Gasteiger partial charge in [0.25, 0.3) is 0 Å². The molecule has 4 nitrogen and oxygen atoms in total. The van der Waals surface area contributed by atoms with Crippen LogP contribution in [0.25, 0.3) is 11.0 Å². The molecule has 2 aromatic rings. The second kappa shape index (κ2) is 2.97. The molecular weight excluding hydrogens is 178 g/mol. The standard InChI is InChI=1S/C10H11N3O/c1-3-7(4-1)14-9-6-2-5-8-10(9)12-13-11-8/h2,5-7H,1,3-4H2,(H,11,12,13). The van der Waals surface area contributed by atoms with E-state index in [0.717, 1.165) is 29.6 Å². The van der Waals surface area contributed by atoms with Gasteiger partial charge in [0, 0.05) is 0 Å². The van der Waals surface area contributed by atoms with E-state index in [4.69, 9.17) is 4.74 Å². The highest BCUT2D eigenvalue weighted by molar-refractivity contribution is 5.80. The van der Waals surface area contributed by atoms with Crippen LogP contribution < -0.4 is 4.74 Å². The third-order valence-corrected chi connectivity index (χ3v) is 2.66. The highest BCUT2D eigenvalue weighted by atomic mass is 16.5. The molecule has 1 aromatic carbocycles. The first-order valence-corrected chi connectivity index (χ1v) is 4.89. The van der Waals surface area contributed by atoms with E-state index in [9.17, 15) is 0 Å². The van der Waals surface area contributed by atoms with Crippen LogP contribution in [0.15, 0.2) is 18.2 Å². The monoisotopic (exact) mass is 189 g/mol. The van der Waals surface area contributed by atoms with Crippen molar-refractivity contribution < 1.29 is 4.74 Å². The number of nitrogens with one attached hydrogen (secondary N) is 1. The predicted molar refractivity (Wildman–Crippen MR) is 52.2 cm³/mol. The predicted octanol–water partition coefficient (Wildman–Crippen LogP) is 1.89. The van der Waals surface area contributed by atoms with Gasteiger partial charge >= 0.3 is 0 Å². The Hall–Kier alpha value is -1.58. The van der Waals surface area contributed by atoms with Crippen LogP contribution >= 0.6 is 0 Å². The summed E-state index contributed by atoms with van der Waals surface area (Å²) in [5.74, 6) is 0.848. The van der Waals surface area contributed by atoms with Gasteiger partial charge in [-0.2, -0.15) is 15.4 Å². The van der Waals surface area contributed by atoms with Crippen molar-refractivity contribution in [3.8, 4) is 5.75 Å². The van der Waals surface area contributed by atoms with Crippen molar-refractivity contribution >= 4 is 11.0 Å². The summed E-state index contributed by atoms with van der Waals surface area (Å²) in [6.07, 6.45) is 3.99. The van der Waals surface area contributed by atoms with E-state index < -0.39 is 0 Å². The molecule has 14 heavy (non-hydrogen) atoms. The second-order valence-corrected chi connectivity index (χ2v) is 3.62. The molecule has 72 valence electrons. The van der Waals surface area contributed by atoms with Crippen LogP contribution in [0.2, 0.25) is 0 Å². The molecule has 0 aliphatic heterocycles. The van der Waals surface area contributed by atoms with Crippen LogP contribution in [0.1, 0.15) is 19.3 Å². The van der Waals surface area contributed by atoms with Gasteiger partial charge in [-0.1, -0.05) is 6.07 Å². The summed E-state index contributed by atoms with van der Waals surface area (Å²) in [5, 5.41) is 10.7. The Kier molecular flexibility index (Phi) is 1.65. The number of fused-ring (bicyclic) bond motifs is 1. The summed E-state index contributed by atoms with van der Waals surface area (Å²) in [6, 6.07) is 5.81.